The highest BCUT2D eigenvalue weighted by Crippen LogP contribution is 2.39. The van der Waals surface area contributed by atoms with Crippen LogP contribution in [0.15, 0.2) is 12.1 Å². The van der Waals surface area contributed by atoms with Crippen molar-refractivity contribution < 1.29 is 18.9 Å². The molecule has 0 aliphatic carbocycles. The molecule has 0 unspecified atom stereocenters. The van der Waals surface area contributed by atoms with E-state index in [1.807, 2.05) is 12.1 Å². The number of nitrogens with one attached hydrogen (secondary N) is 2. The van der Waals surface area contributed by atoms with Gasteiger partial charge in [-0.1, -0.05) is 6.07 Å². The van der Waals surface area contributed by atoms with Crippen LogP contribution in [0.1, 0.15) is 5.56 Å². The van der Waals surface area contributed by atoms with Gasteiger partial charge in [-0.15, -0.1) is 0 Å². The third-order valence-corrected chi connectivity index (χ3v) is 3.06. The SMILES string of the molecule is COCCNCCNCc1ccc(OC)c(OC)c1OC. The predicted octanol–water partition coefficient (Wildman–Crippen LogP) is 1.04. The Kier molecular flexibility index (Phi) is 8.57. The summed E-state index contributed by atoms with van der Waals surface area (Å²) in [6.07, 6.45) is 0. The van der Waals surface area contributed by atoms with E-state index in [9.17, 15) is 0 Å². The molecule has 120 valence electrons. The van der Waals surface area contributed by atoms with E-state index in [1.165, 1.54) is 0 Å². The maximum atomic E-state index is 5.44. The number of benzene rings is 1. The van der Waals surface area contributed by atoms with Gasteiger partial charge in [0.05, 0.1) is 27.9 Å². The molecule has 0 radical (unpaired) electrons. The van der Waals surface area contributed by atoms with Crippen molar-refractivity contribution in [3.8, 4) is 17.2 Å². The van der Waals surface area contributed by atoms with Crippen LogP contribution in [0, 0.1) is 0 Å². The third-order valence-electron chi connectivity index (χ3n) is 3.06. The Hall–Kier alpha value is -1.50. The predicted molar refractivity (Wildman–Crippen MR) is 82.6 cm³/mol. The lowest BCUT2D eigenvalue weighted by molar-refractivity contribution is 0.199. The molecule has 0 aliphatic heterocycles. The minimum absolute atomic E-state index is 0.623. The molecule has 0 aliphatic rings. The highest BCUT2D eigenvalue weighted by molar-refractivity contribution is 5.55. The number of rotatable bonds is 11. The lowest BCUT2D eigenvalue weighted by atomic mass is 10.1. The van der Waals surface area contributed by atoms with Crippen molar-refractivity contribution in [1.82, 2.24) is 10.6 Å². The molecule has 0 aromatic heterocycles. The van der Waals surface area contributed by atoms with Crippen molar-refractivity contribution in [2.24, 2.45) is 0 Å². The first-order valence-electron chi connectivity index (χ1n) is 6.96. The van der Waals surface area contributed by atoms with Crippen LogP contribution in [0.2, 0.25) is 0 Å². The van der Waals surface area contributed by atoms with Gasteiger partial charge in [-0.2, -0.15) is 0 Å². The van der Waals surface area contributed by atoms with E-state index in [-0.39, 0.29) is 0 Å². The Morgan fingerprint density at radius 2 is 1.52 bits per heavy atom. The van der Waals surface area contributed by atoms with Gasteiger partial charge in [0, 0.05) is 38.9 Å². The van der Waals surface area contributed by atoms with Crippen molar-refractivity contribution in [2.75, 3.05) is 54.7 Å². The monoisotopic (exact) mass is 298 g/mol. The Morgan fingerprint density at radius 3 is 2.14 bits per heavy atom. The molecule has 0 heterocycles. The van der Waals surface area contributed by atoms with Gasteiger partial charge >= 0.3 is 0 Å². The lowest BCUT2D eigenvalue weighted by Crippen LogP contribution is -2.29. The van der Waals surface area contributed by atoms with Gasteiger partial charge in [-0.3, -0.25) is 0 Å². The summed E-state index contributed by atoms with van der Waals surface area (Å²) in [6.45, 7) is 4.04. The molecule has 0 saturated heterocycles. The summed E-state index contributed by atoms with van der Waals surface area (Å²) in [4.78, 5) is 0. The minimum Gasteiger partial charge on any atom is -0.493 e. The van der Waals surface area contributed by atoms with Crippen molar-refractivity contribution in [1.29, 1.82) is 0 Å². The number of hydrogen-bond donors (Lipinski definition) is 2. The summed E-state index contributed by atoms with van der Waals surface area (Å²) in [5, 5.41) is 6.64. The summed E-state index contributed by atoms with van der Waals surface area (Å²) in [5.41, 5.74) is 1.03. The second kappa shape index (κ2) is 10.3. The van der Waals surface area contributed by atoms with Gasteiger partial charge in [0.25, 0.3) is 0 Å². The van der Waals surface area contributed by atoms with Crippen molar-refractivity contribution >= 4 is 0 Å². The maximum Gasteiger partial charge on any atom is 0.203 e. The molecule has 0 saturated carbocycles. The zero-order valence-electron chi connectivity index (χ0n) is 13.3. The molecule has 0 amide bonds. The van der Waals surface area contributed by atoms with Crippen LogP contribution >= 0.6 is 0 Å². The second-order valence-corrected chi connectivity index (χ2v) is 4.41. The second-order valence-electron chi connectivity index (χ2n) is 4.41. The van der Waals surface area contributed by atoms with E-state index in [2.05, 4.69) is 10.6 Å². The molecule has 6 nitrogen and oxygen atoms in total. The van der Waals surface area contributed by atoms with Crippen molar-refractivity contribution in [3.05, 3.63) is 17.7 Å². The Labute approximate surface area is 126 Å². The highest BCUT2D eigenvalue weighted by Gasteiger charge is 2.15. The van der Waals surface area contributed by atoms with Crippen LogP contribution in [0.3, 0.4) is 0 Å². The molecular weight excluding hydrogens is 272 g/mol. The molecule has 0 atom stereocenters. The fourth-order valence-electron chi connectivity index (χ4n) is 2.00. The Balaban J connectivity index is 2.51. The van der Waals surface area contributed by atoms with Crippen molar-refractivity contribution in [3.63, 3.8) is 0 Å². The summed E-state index contributed by atoms with van der Waals surface area (Å²) in [7, 11) is 6.55. The first-order valence-corrected chi connectivity index (χ1v) is 6.96. The molecule has 1 rings (SSSR count). The van der Waals surface area contributed by atoms with Crippen LogP contribution < -0.4 is 24.8 Å². The molecule has 2 N–H and O–H groups in total. The van der Waals surface area contributed by atoms with E-state index in [0.717, 1.165) is 31.8 Å². The minimum atomic E-state index is 0.623. The van der Waals surface area contributed by atoms with E-state index >= 15 is 0 Å². The molecule has 1 aromatic carbocycles. The first-order chi connectivity index (χ1) is 10.3. The summed E-state index contributed by atoms with van der Waals surface area (Å²) >= 11 is 0. The smallest absolute Gasteiger partial charge is 0.203 e. The zero-order valence-corrected chi connectivity index (χ0v) is 13.3. The quantitative estimate of drug-likeness (QED) is 0.595. The highest BCUT2D eigenvalue weighted by atomic mass is 16.5. The summed E-state index contributed by atoms with van der Waals surface area (Å²) < 4.78 is 21.0. The average Bonchev–Trinajstić information content (AvgIpc) is 2.52. The topological polar surface area (TPSA) is 61.0 Å². The molecule has 0 bridgehead atoms. The maximum absolute atomic E-state index is 5.44. The normalized spacial score (nSPS) is 10.5. The van der Waals surface area contributed by atoms with Gasteiger partial charge in [0.1, 0.15) is 0 Å². The standard InChI is InChI=1S/C15H26N2O4/c1-18-10-9-16-7-8-17-11-12-5-6-13(19-2)15(21-4)14(12)20-3/h5-6,16-17H,7-11H2,1-4H3. The third kappa shape index (κ3) is 5.41. The number of ether oxygens (including phenoxy) is 4. The number of methoxy groups -OCH3 is 4. The van der Waals surface area contributed by atoms with Crippen LogP contribution in [-0.2, 0) is 11.3 Å². The van der Waals surface area contributed by atoms with Crippen LogP contribution in [0.4, 0.5) is 0 Å². The van der Waals surface area contributed by atoms with Gasteiger partial charge in [0.15, 0.2) is 11.5 Å². The van der Waals surface area contributed by atoms with Crippen molar-refractivity contribution in [2.45, 2.75) is 6.54 Å². The van der Waals surface area contributed by atoms with E-state index in [4.69, 9.17) is 18.9 Å². The van der Waals surface area contributed by atoms with Crippen LogP contribution in [0.25, 0.3) is 0 Å². The largest absolute Gasteiger partial charge is 0.493 e. The van der Waals surface area contributed by atoms with E-state index < -0.39 is 0 Å². The first kappa shape index (κ1) is 17.6. The average molecular weight is 298 g/mol. The molecular formula is C15H26N2O4. The lowest BCUT2D eigenvalue weighted by Gasteiger charge is -2.16. The fraction of sp³-hybridized carbons (Fsp3) is 0.600. The molecule has 21 heavy (non-hydrogen) atoms. The molecule has 6 heteroatoms. The van der Waals surface area contributed by atoms with Gasteiger partial charge in [0.2, 0.25) is 5.75 Å². The van der Waals surface area contributed by atoms with Gasteiger partial charge in [-0.05, 0) is 6.07 Å². The summed E-state index contributed by atoms with van der Waals surface area (Å²) in [5.74, 6) is 1.99. The van der Waals surface area contributed by atoms with Gasteiger partial charge < -0.3 is 29.6 Å². The fourth-order valence-corrected chi connectivity index (χ4v) is 2.00. The van der Waals surface area contributed by atoms with E-state index in [1.54, 1.807) is 28.4 Å². The van der Waals surface area contributed by atoms with E-state index in [0.29, 0.717) is 23.8 Å². The number of hydrogen-bond acceptors (Lipinski definition) is 6. The Morgan fingerprint density at radius 1 is 0.810 bits per heavy atom. The zero-order chi connectivity index (χ0) is 15.5. The molecule has 0 spiro atoms. The summed E-state index contributed by atoms with van der Waals surface area (Å²) in [6, 6.07) is 3.86. The molecule has 0 fully saturated rings. The van der Waals surface area contributed by atoms with Crippen LogP contribution in [0.5, 0.6) is 17.2 Å². The van der Waals surface area contributed by atoms with Gasteiger partial charge in [-0.25, -0.2) is 0 Å². The van der Waals surface area contributed by atoms with Crippen LogP contribution in [-0.4, -0.2) is 54.7 Å². The molecule has 1 aromatic rings. The Bertz CT molecular complexity index is 413.